The SMILES string of the molecule is CNC(=O)COc1cc2cc(Nc3nc(N4CCC(C(=O)NCCCCCC(=O)N5CCC(n6nc(N7CCCc8cc(/C(C=N)=C/[NH2+]C)c(C(F)F)cc87)c7c6CCN(C(=O)NC)C7)CC5)CC4)ncc3Cl)cc(OC)c2n(C)c1=O. The number of likely N-dealkylation sites (N-methyl/N-ethyl adjacent to an activating group) is 1. The summed E-state index contributed by atoms with van der Waals surface area (Å²) in [6, 6.07) is 8.25. The van der Waals surface area contributed by atoms with Crippen molar-refractivity contribution in [1.82, 2.24) is 50.1 Å². The summed E-state index contributed by atoms with van der Waals surface area (Å²) < 4.78 is 44.2. The van der Waals surface area contributed by atoms with Gasteiger partial charge in [0, 0.05) is 132 Å². The van der Waals surface area contributed by atoms with Gasteiger partial charge in [0.1, 0.15) is 17.0 Å². The van der Waals surface area contributed by atoms with E-state index in [1.54, 1.807) is 67.9 Å². The number of piperidine rings is 2. The topological polar surface area (TPSA) is 254 Å². The maximum atomic E-state index is 14.8. The zero-order chi connectivity index (χ0) is 58.2. The molecule has 22 nitrogen and oxygen atoms in total. The number of benzene rings is 2. The fourth-order valence-corrected chi connectivity index (χ4v) is 11.8. The zero-order valence-electron chi connectivity index (χ0n) is 47.1. The molecule has 5 amide bonds. The van der Waals surface area contributed by atoms with Gasteiger partial charge in [-0.3, -0.25) is 23.9 Å². The van der Waals surface area contributed by atoms with E-state index in [2.05, 4.69) is 30.9 Å². The molecule has 9 rings (SSSR count). The number of rotatable bonds is 20. The van der Waals surface area contributed by atoms with Crippen LogP contribution in [0.4, 0.5) is 42.5 Å². The fraction of sp³-hybridized carbons (Fsp3) is 0.491. The summed E-state index contributed by atoms with van der Waals surface area (Å²) in [7, 11) is 7.98. The Labute approximate surface area is 479 Å². The number of nitrogens with one attached hydrogen (secondary N) is 5. The molecule has 82 heavy (non-hydrogen) atoms. The van der Waals surface area contributed by atoms with E-state index in [1.807, 2.05) is 14.7 Å². The number of fused-ring (bicyclic) bond motifs is 3. The van der Waals surface area contributed by atoms with Crippen LogP contribution in [-0.2, 0) is 40.8 Å². The van der Waals surface area contributed by atoms with Crippen molar-refractivity contribution in [2.24, 2.45) is 13.0 Å². The van der Waals surface area contributed by atoms with Crippen molar-refractivity contribution in [1.29, 1.82) is 5.41 Å². The second-order valence-electron chi connectivity index (χ2n) is 21.1. The summed E-state index contributed by atoms with van der Waals surface area (Å²) in [6.45, 7) is 3.87. The Morgan fingerprint density at radius 1 is 0.939 bits per heavy atom. The Morgan fingerprint density at radius 2 is 1.72 bits per heavy atom. The third-order valence-electron chi connectivity index (χ3n) is 16.0. The lowest BCUT2D eigenvalue weighted by Crippen LogP contribution is -2.72. The van der Waals surface area contributed by atoms with Crippen LogP contribution in [-0.4, -0.2) is 145 Å². The number of urea groups is 1. The van der Waals surface area contributed by atoms with Crippen LogP contribution in [0.25, 0.3) is 16.5 Å². The number of hydrogen-bond acceptors (Lipinski definition) is 14. The van der Waals surface area contributed by atoms with Crippen molar-refractivity contribution in [2.75, 3.05) is 95.8 Å². The molecule has 0 saturated carbocycles. The number of nitrogens with zero attached hydrogens (tertiary/aromatic N) is 9. The van der Waals surface area contributed by atoms with Crippen LogP contribution in [0.3, 0.4) is 0 Å². The Kier molecular flexibility index (Phi) is 18.9. The number of quaternary nitrogens is 1. The zero-order valence-corrected chi connectivity index (χ0v) is 47.8. The number of allylic oxidation sites excluding steroid dienone is 1. The number of nitrogens with two attached hydrogens (primary N) is 1. The van der Waals surface area contributed by atoms with Crippen molar-refractivity contribution < 1.29 is 42.7 Å². The molecule has 2 aromatic carbocycles. The monoisotopic (exact) mass is 1150 g/mol. The van der Waals surface area contributed by atoms with Gasteiger partial charge in [-0.05, 0) is 86.8 Å². The second kappa shape index (κ2) is 26.4. The molecule has 4 aliphatic heterocycles. The van der Waals surface area contributed by atoms with Crippen molar-refractivity contribution >= 4 is 87.0 Å². The lowest BCUT2D eigenvalue weighted by molar-refractivity contribution is -0.555. The normalized spacial score (nSPS) is 16.0. The number of alkyl halides is 2. The molecule has 0 radical (unpaired) electrons. The molecule has 0 spiro atoms. The van der Waals surface area contributed by atoms with Gasteiger partial charge >= 0.3 is 6.03 Å². The predicted octanol–water partition coefficient (Wildman–Crippen LogP) is 5.72. The number of carbonyl (C=O) groups is 4. The molecule has 2 fully saturated rings. The van der Waals surface area contributed by atoms with E-state index >= 15 is 0 Å². The van der Waals surface area contributed by atoms with Crippen LogP contribution in [0.15, 0.2) is 47.5 Å². The molecule has 3 aromatic heterocycles. The van der Waals surface area contributed by atoms with Gasteiger partial charge in [0.25, 0.3) is 17.9 Å². The molecule has 0 unspecified atom stereocenters. The Bertz CT molecular complexity index is 3300. The second-order valence-corrected chi connectivity index (χ2v) is 21.5. The average molecular weight is 1150 g/mol. The molecule has 2 saturated heterocycles. The standard InChI is InChI=1S/C57H72ClF2N15O7/c1-62-30-37(29-61)40-25-35-10-9-18-74(45(35)28-41(40)51(59)60)53-42-32-73(57(80)64-3)23-16-44(42)75(69-53)39-14-21-71(22-15-39)49(77)11-7-6-8-17-65-54(78)34-12-19-72(20-13-34)56-66-31-43(58)52(68-56)67-38-24-36-26-47(82-33-48(76)63-2)55(79)70(4)50(36)46(27-38)81-5/h24-31,34,39,51,61-62H,6-23,32-33H2,1-5H3,(H,63,76)(H,64,80)(H,65,78)(H,66,67,68)/p+1/b37-30+,61-29?. The van der Waals surface area contributed by atoms with Crippen LogP contribution < -0.4 is 51.4 Å². The molecule has 5 aromatic rings. The van der Waals surface area contributed by atoms with Crippen LogP contribution in [0.5, 0.6) is 11.5 Å². The van der Waals surface area contributed by atoms with Crippen molar-refractivity contribution in [3.8, 4) is 11.5 Å². The first kappa shape index (κ1) is 58.8. The number of methoxy groups -OCH3 is 1. The third-order valence-corrected chi connectivity index (χ3v) is 16.3. The third kappa shape index (κ3) is 12.8. The summed E-state index contributed by atoms with van der Waals surface area (Å²) in [5, 5.41) is 27.4. The highest BCUT2D eigenvalue weighted by molar-refractivity contribution is 6.33. The number of hydrogen-bond donors (Lipinski definition) is 6. The number of unbranched alkanes of at least 4 members (excludes halogenated alkanes) is 2. The molecule has 25 heteroatoms. The van der Waals surface area contributed by atoms with E-state index in [0.29, 0.717) is 160 Å². The molecular weight excluding hydrogens is 1080 g/mol. The van der Waals surface area contributed by atoms with Crippen LogP contribution >= 0.6 is 11.6 Å². The first-order chi connectivity index (χ1) is 39.6. The van der Waals surface area contributed by atoms with E-state index in [-0.39, 0.29) is 58.7 Å². The number of ether oxygens (including phenoxy) is 2. The molecule has 0 aliphatic carbocycles. The molecule has 0 bridgehead atoms. The molecule has 7 N–H and O–H groups in total. The Hall–Kier alpha value is -7.86. The number of pyridine rings is 1. The van der Waals surface area contributed by atoms with Gasteiger partial charge in [-0.1, -0.05) is 18.0 Å². The number of halogens is 3. The Balaban J connectivity index is 0.741. The highest BCUT2D eigenvalue weighted by Crippen LogP contribution is 2.43. The Morgan fingerprint density at radius 3 is 2.43 bits per heavy atom. The smallest absolute Gasteiger partial charge is 0.317 e. The quantitative estimate of drug-likeness (QED) is 0.0404. The fourth-order valence-electron chi connectivity index (χ4n) is 11.6. The first-order valence-corrected chi connectivity index (χ1v) is 28.5. The van der Waals surface area contributed by atoms with E-state index < -0.39 is 12.0 Å². The molecule has 0 atom stereocenters. The minimum absolute atomic E-state index is 0.00343. The molecule has 4 aliphatic rings. The van der Waals surface area contributed by atoms with E-state index in [9.17, 15) is 32.8 Å². The van der Waals surface area contributed by atoms with E-state index in [1.165, 1.54) is 24.9 Å². The van der Waals surface area contributed by atoms with Crippen molar-refractivity contribution in [3.63, 3.8) is 0 Å². The number of aryl methyl sites for hydroxylation is 2. The van der Waals surface area contributed by atoms with Crippen molar-refractivity contribution in [3.05, 3.63) is 86.1 Å². The lowest BCUT2D eigenvalue weighted by atomic mass is 9.92. The predicted molar refractivity (Wildman–Crippen MR) is 309 cm³/mol. The summed E-state index contributed by atoms with van der Waals surface area (Å²) in [5.74, 6) is 1.45. The van der Waals surface area contributed by atoms with Gasteiger partial charge in [-0.2, -0.15) is 10.1 Å². The number of anilines is 5. The van der Waals surface area contributed by atoms with Crippen LogP contribution in [0.1, 0.15) is 98.2 Å². The average Bonchev–Trinajstić information content (AvgIpc) is 3.19. The largest absolute Gasteiger partial charge is 0.494 e. The summed E-state index contributed by atoms with van der Waals surface area (Å²) in [5.41, 5.74) is 4.80. The van der Waals surface area contributed by atoms with Gasteiger partial charge < -0.3 is 65.6 Å². The van der Waals surface area contributed by atoms with Gasteiger partial charge in [0.15, 0.2) is 24.0 Å². The molecule has 438 valence electrons. The van der Waals surface area contributed by atoms with Crippen molar-refractivity contribution in [2.45, 2.75) is 89.6 Å². The highest BCUT2D eigenvalue weighted by Gasteiger charge is 2.36. The van der Waals surface area contributed by atoms with Gasteiger partial charge in [-0.25, -0.2) is 18.6 Å². The number of aromatic nitrogens is 5. The van der Waals surface area contributed by atoms with E-state index in [0.717, 1.165) is 42.3 Å². The number of amides is 5. The first-order valence-electron chi connectivity index (χ1n) is 28.1. The minimum atomic E-state index is -2.76. The maximum absolute atomic E-state index is 14.8. The highest BCUT2D eigenvalue weighted by atomic mass is 35.5. The maximum Gasteiger partial charge on any atom is 0.317 e. The molecular formula is C57H73ClF2N15O7+. The summed E-state index contributed by atoms with van der Waals surface area (Å²) >= 11 is 6.59. The van der Waals surface area contributed by atoms with Crippen LogP contribution in [0.2, 0.25) is 5.02 Å². The van der Waals surface area contributed by atoms with Gasteiger partial charge in [-0.15, -0.1) is 0 Å². The van der Waals surface area contributed by atoms with Gasteiger partial charge in [0.05, 0.1) is 44.0 Å². The number of carbonyl (C=O) groups excluding carboxylic acids is 4. The van der Waals surface area contributed by atoms with Gasteiger partial charge in [0.2, 0.25) is 17.8 Å². The summed E-state index contributed by atoms with van der Waals surface area (Å²) in [6.07, 6.45) is 8.88. The number of likely N-dealkylation sites (tertiary alicyclic amines) is 1. The van der Waals surface area contributed by atoms with E-state index in [4.69, 9.17) is 36.6 Å². The minimum Gasteiger partial charge on any atom is -0.494 e. The summed E-state index contributed by atoms with van der Waals surface area (Å²) in [4.78, 5) is 81.6. The lowest BCUT2D eigenvalue weighted by Gasteiger charge is -2.34. The molecule has 7 heterocycles. The van der Waals surface area contributed by atoms with Crippen LogP contribution in [0, 0.1) is 11.3 Å².